The third kappa shape index (κ3) is 2.76. The number of ether oxygens (including phenoxy) is 4. The Labute approximate surface area is 196 Å². The molecule has 2 saturated carbocycles. The number of cyclic esters (lactones) is 1. The Hall–Kier alpha value is -2.43. The minimum absolute atomic E-state index is 0.0282. The van der Waals surface area contributed by atoms with E-state index >= 15 is 0 Å². The van der Waals surface area contributed by atoms with Crippen LogP contribution in [-0.2, 0) is 33.3 Å². The molecule has 2 aliphatic heterocycles. The van der Waals surface area contributed by atoms with E-state index in [9.17, 15) is 24.6 Å². The van der Waals surface area contributed by atoms with E-state index in [1.54, 1.807) is 6.07 Å². The quantitative estimate of drug-likeness (QED) is 0.371. The van der Waals surface area contributed by atoms with Gasteiger partial charge >= 0.3 is 17.9 Å². The van der Waals surface area contributed by atoms with Crippen LogP contribution in [0, 0.1) is 10.8 Å². The summed E-state index contributed by atoms with van der Waals surface area (Å²) in [6.07, 6.45) is 2.00. The first kappa shape index (κ1) is 23.3. The molecular formula is C24H30O10. The Bertz CT molecular complexity index is 1010. The Morgan fingerprint density at radius 1 is 1.18 bits per heavy atom. The summed E-state index contributed by atoms with van der Waals surface area (Å²) in [6.45, 7) is 3.85. The lowest BCUT2D eigenvalue weighted by molar-refractivity contribution is -0.330. The van der Waals surface area contributed by atoms with Crippen LogP contribution < -0.4 is 0 Å². The molecule has 1 aromatic heterocycles. The third-order valence-electron chi connectivity index (χ3n) is 8.74. The molecule has 0 unspecified atom stereocenters. The van der Waals surface area contributed by atoms with Gasteiger partial charge in [0.15, 0.2) is 0 Å². The summed E-state index contributed by atoms with van der Waals surface area (Å²) in [5.74, 6) is -1.96. The highest BCUT2D eigenvalue weighted by molar-refractivity contribution is 5.84. The summed E-state index contributed by atoms with van der Waals surface area (Å²) >= 11 is 0. The molecule has 5 rings (SSSR count). The van der Waals surface area contributed by atoms with E-state index in [0.29, 0.717) is 18.4 Å². The first-order valence-electron chi connectivity index (χ1n) is 11.6. The third-order valence-corrected chi connectivity index (χ3v) is 8.74. The van der Waals surface area contributed by atoms with Gasteiger partial charge in [-0.2, -0.15) is 0 Å². The van der Waals surface area contributed by atoms with Gasteiger partial charge in [0.1, 0.15) is 35.2 Å². The molecule has 0 amide bonds. The highest BCUT2D eigenvalue weighted by atomic mass is 16.6. The summed E-state index contributed by atoms with van der Waals surface area (Å²) in [5, 5.41) is 24.6. The molecule has 1 aromatic rings. The summed E-state index contributed by atoms with van der Waals surface area (Å²) in [5.41, 5.74) is -7.44. The molecule has 10 heteroatoms. The van der Waals surface area contributed by atoms with Crippen molar-refractivity contribution < 1.29 is 48.0 Å². The van der Waals surface area contributed by atoms with Gasteiger partial charge in [-0.15, -0.1) is 0 Å². The monoisotopic (exact) mass is 478 g/mol. The number of hydrogen-bond acceptors (Lipinski definition) is 10. The second kappa shape index (κ2) is 7.29. The van der Waals surface area contributed by atoms with Gasteiger partial charge in [-0.3, -0.25) is 14.4 Å². The van der Waals surface area contributed by atoms with E-state index < -0.39 is 57.7 Å². The standard InChI is InChI=1S/C24H30O10/c1-14(25)31-13-23-18(33-15(2)26)10-20(3,28)22(24(23,29)7-4-6-21(23)12-32-21)9-17(34-19(22)27)16-5-8-30-11-16/h5,8,11,17-18,28-29H,4,6-7,9-10,12-13H2,1-3H3/t17-,18-,20-,21-,22+,23-,24-/m0/s1. The molecule has 34 heavy (non-hydrogen) atoms. The van der Waals surface area contributed by atoms with Crippen LogP contribution in [-0.4, -0.2) is 64.2 Å². The van der Waals surface area contributed by atoms with Crippen molar-refractivity contribution in [2.24, 2.45) is 10.8 Å². The SMILES string of the molecule is CC(=O)OC[C@@]12[C@@H](OC(C)=O)C[C@](C)(O)[C@]3(C[C@@H](c4ccoc4)OC3=O)[C@@]1(O)CCC[C@]21CO1. The summed E-state index contributed by atoms with van der Waals surface area (Å²) in [4.78, 5) is 37.8. The van der Waals surface area contributed by atoms with Crippen LogP contribution in [0.25, 0.3) is 0 Å². The Morgan fingerprint density at radius 2 is 1.91 bits per heavy atom. The fourth-order valence-electron chi connectivity index (χ4n) is 7.21. The number of carbonyl (C=O) groups is 3. The maximum atomic E-state index is 13.7. The van der Waals surface area contributed by atoms with E-state index in [-0.39, 0.29) is 32.5 Å². The first-order valence-corrected chi connectivity index (χ1v) is 11.6. The van der Waals surface area contributed by atoms with Crippen LogP contribution in [0.4, 0.5) is 0 Å². The lowest BCUT2D eigenvalue weighted by Crippen LogP contribution is -2.82. The van der Waals surface area contributed by atoms with Gasteiger partial charge in [-0.1, -0.05) is 0 Å². The summed E-state index contributed by atoms with van der Waals surface area (Å²) < 4.78 is 28.0. The normalized spacial score (nSPS) is 45.0. The smallest absolute Gasteiger partial charge is 0.318 e. The van der Waals surface area contributed by atoms with E-state index in [0.717, 1.165) is 0 Å². The molecule has 10 nitrogen and oxygen atoms in total. The van der Waals surface area contributed by atoms with Gasteiger partial charge in [0.25, 0.3) is 0 Å². The van der Waals surface area contributed by atoms with E-state index in [4.69, 9.17) is 23.4 Å². The van der Waals surface area contributed by atoms with Crippen LogP contribution in [0.2, 0.25) is 0 Å². The lowest BCUT2D eigenvalue weighted by atomic mass is 9.39. The van der Waals surface area contributed by atoms with Crippen molar-refractivity contribution >= 4 is 17.9 Å². The largest absolute Gasteiger partial charge is 0.472 e. The fraction of sp³-hybridized carbons (Fsp3) is 0.708. The zero-order valence-corrected chi connectivity index (χ0v) is 19.5. The fourth-order valence-corrected chi connectivity index (χ4v) is 7.21. The van der Waals surface area contributed by atoms with Gasteiger partial charge in [-0.25, -0.2) is 0 Å². The minimum Gasteiger partial charge on any atom is -0.472 e. The Kier molecular flexibility index (Phi) is 5.00. The average Bonchev–Trinajstić information content (AvgIpc) is 3.15. The van der Waals surface area contributed by atoms with Crippen LogP contribution >= 0.6 is 0 Å². The number of furan rings is 1. The van der Waals surface area contributed by atoms with Crippen LogP contribution in [0.5, 0.6) is 0 Å². The first-order chi connectivity index (χ1) is 15.9. The predicted octanol–water partition coefficient (Wildman–Crippen LogP) is 1.57. The van der Waals surface area contributed by atoms with E-state index in [2.05, 4.69) is 0 Å². The number of carbonyl (C=O) groups excluding carboxylic acids is 3. The highest BCUT2D eigenvalue weighted by Gasteiger charge is 2.87. The molecule has 0 aromatic carbocycles. The molecular weight excluding hydrogens is 448 g/mol. The zero-order chi connectivity index (χ0) is 24.6. The number of aliphatic hydroxyl groups is 2. The van der Waals surface area contributed by atoms with Gasteiger partial charge in [0, 0.05) is 32.3 Å². The molecule has 2 N–H and O–H groups in total. The van der Waals surface area contributed by atoms with Crippen LogP contribution in [0.1, 0.15) is 64.5 Å². The molecule has 186 valence electrons. The van der Waals surface area contributed by atoms with Crippen molar-refractivity contribution in [3.8, 4) is 0 Å². The van der Waals surface area contributed by atoms with Crippen molar-refractivity contribution in [2.45, 2.75) is 81.9 Å². The van der Waals surface area contributed by atoms with Crippen molar-refractivity contribution in [1.29, 1.82) is 0 Å². The van der Waals surface area contributed by atoms with Gasteiger partial charge in [0.2, 0.25) is 0 Å². The molecule has 7 atom stereocenters. The molecule has 4 fully saturated rings. The summed E-state index contributed by atoms with van der Waals surface area (Å²) in [7, 11) is 0. The number of hydrogen-bond donors (Lipinski definition) is 2. The lowest BCUT2D eigenvalue weighted by Gasteiger charge is -2.67. The van der Waals surface area contributed by atoms with Gasteiger partial charge < -0.3 is 33.6 Å². The van der Waals surface area contributed by atoms with E-state index in [1.807, 2.05) is 0 Å². The maximum Gasteiger partial charge on any atom is 0.318 e. The van der Waals surface area contributed by atoms with Crippen LogP contribution in [0.3, 0.4) is 0 Å². The van der Waals surface area contributed by atoms with Crippen molar-refractivity contribution in [3.63, 3.8) is 0 Å². The number of epoxide rings is 1. The van der Waals surface area contributed by atoms with Gasteiger partial charge in [-0.05, 0) is 32.3 Å². The topological polar surface area (TPSA) is 145 Å². The highest BCUT2D eigenvalue weighted by Crippen LogP contribution is 2.73. The molecule has 4 aliphatic rings. The second-order valence-electron chi connectivity index (χ2n) is 10.4. The molecule has 2 saturated heterocycles. The second-order valence-corrected chi connectivity index (χ2v) is 10.4. The zero-order valence-electron chi connectivity index (χ0n) is 19.5. The van der Waals surface area contributed by atoms with Crippen molar-refractivity contribution in [3.05, 3.63) is 24.2 Å². The van der Waals surface area contributed by atoms with Crippen LogP contribution in [0.15, 0.2) is 23.0 Å². The Morgan fingerprint density at radius 3 is 2.50 bits per heavy atom. The molecule has 2 aliphatic carbocycles. The summed E-state index contributed by atoms with van der Waals surface area (Å²) in [6, 6.07) is 1.67. The molecule has 0 bridgehead atoms. The maximum absolute atomic E-state index is 13.7. The minimum atomic E-state index is -1.97. The van der Waals surface area contributed by atoms with Crippen molar-refractivity contribution in [2.75, 3.05) is 13.2 Å². The van der Waals surface area contributed by atoms with E-state index in [1.165, 1.54) is 33.3 Å². The molecule has 2 spiro atoms. The number of esters is 3. The molecule has 0 radical (unpaired) electrons. The number of fused-ring (bicyclic) bond motifs is 3. The Balaban J connectivity index is 1.72. The van der Waals surface area contributed by atoms with Gasteiger partial charge in [0.05, 0.1) is 30.3 Å². The van der Waals surface area contributed by atoms with Crippen molar-refractivity contribution in [1.82, 2.24) is 0 Å². The average molecular weight is 478 g/mol. The number of rotatable bonds is 4. The predicted molar refractivity (Wildman–Crippen MR) is 112 cm³/mol. The molecule has 3 heterocycles.